The van der Waals surface area contributed by atoms with Crippen LogP contribution in [-0.4, -0.2) is 4.98 Å². The van der Waals surface area contributed by atoms with Gasteiger partial charge >= 0.3 is 0 Å². The normalized spacial score (nSPS) is 20.2. The van der Waals surface area contributed by atoms with Crippen molar-refractivity contribution < 1.29 is 0 Å². The van der Waals surface area contributed by atoms with E-state index in [0.29, 0.717) is 0 Å². The Morgan fingerprint density at radius 2 is 1.62 bits per heavy atom. The van der Waals surface area contributed by atoms with Gasteiger partial charge < -0.3 is 0 Å². The standard InChI is InChI=1S/C25H35N/c1-3-5-6-8-21-11-18-25(26-19-21)24-16-14-23(15-17-24)22-12-9-20(7-4-2)10-13-22/h11,14-20,22H,3-10,12-13H2,1-2H3/t20-,22-. The first-order valence-electron chi connectivity index (χ1n) is 10.9. The number of aromatic nitrogens is 1. The van der Waals surface area contributed by atoms with Gasteiger partial charge in [0.25, 0.3) is 0 Å². The number of aryl methyl sites for hydroxylation is 1. The minimum Gasteiger partial charge on any atom is -0.256 e. The molecule has 26 heavy (non-hydrogen) atoms. The van der Waals surface area contributed by atoms with Gasteiger partial charge in [0.15, 0.2) is 0 Å². The van der Waals surface area contributed by atoms with E-state index in [0.717, 1.165) is 24.0 Å². The van der Waals surface area contributed by atoms with Gasteiger partial charge in [0, 0.05) is 11.8 Å². The van der Waals surface area contributed by atoms with Crippen LogP contribution in [0.3, 0.4) is 0 Å². The van der Waals surface area contributed by atoms with Crippen molar-refractivity contribution >= 4 is 0 Å². The van der Waals surface area contributed by atoms with Crippen LogP contribution in [0.25, 0.3) is 11.3 Å². The van der Waals surface area contributed by atoms with Crippen LogP contribution in [0.4, 0.5) is 0 Å². The Morgan fingerprint density at radius 1 is 0.846 bits per heavy atom. The third-order valence-electron chi connectivity index (χ3n) is 6.12. The Bertz CT molecular complexity index is 633. The fourth-order valence-electron chi connectivity index (χ4n) is 4.44. The Kier molecular flexibility index (Phi) is 7.29. The number of hydrogen-bond acceptors (Lipinski definition) is 1. The summed E-state index contributed by atoms with van der Waals surface area (Å²) in [7, 11) is 0. The number of hydrogen-bond donors (Lipinski definition) is 0. The first kappa shape index (κ1) is 19.1. The molecule has 0 bridgehead atoms. The lowest BCUT2D eigenvalue weighted by molar-refractivity contribution is 0.308. The average Bonchev–Trinajstić information content (AvgIpc) is 2.70. The highest BCUT2D eigenvalue weighted by Crippen LogP contribution is 2.37. The zero-order valence-electron chi connectivity index (χ0n) is 16.7. The molecule has 1 aliphatic rings. The van der Waals surface area contributed by atoms with E-state index in [9.17, 15) is 0 Å². The molecule has 0 spiro atoms. The molecule has 1 fully saturated rings. The molecule has 0 radical (unpaired) electrons. The predicted molar refractivity (Wildman–Crippen MR) is 113 cm³/mol. The smallest absolute Gasteiger partial charge is 0.0702 e. The van der Waals surface area contributed by atoms with Gasteiger partial charge in [-0.2, -0.15) is 0 Å². The minimum atomic E-state index is 0.769. The maximum atomic E-state index is 4.70. The molecule has 0 saturated heterocycles. The van der Waals surface area contributed by atoms with Crippen molar-refractivity contribution in [2.45, 2.75) is 84.0 Å². The molecule has 1 aliphatic carbocycles. The van der Waals surface area contributed by atoms with Crippen molar-refractivity contribution in [3.05, 3.63) is 53.7 Å². The zero-order chi connectivity index (χ0) is 18.2. The Hall–Kier alpha value is -1.63. The topological polar surface area (TPSA) is 12.9 Å². The second-order valence-corrected chi connectivity index (χ2v) is 8.14. The first-order chi connectivity index (χ1) is 12.8. The van der Waals surface area contributed by atoms with Crippen LogP contribution in [0.2, 0.25) is 0 Å². The van der Waals surface area contributed by atoms with E-state index in [2.05, 4.69) is 56.4 Å². The minimum absolute atomic E-state index is 0.769. The molecule has 1 aromatic heterocycles. The summed E-state index contributed by atoms with van der Waals surface area (Å²) in [5.74, 6) is 1.75. The lowest BCUT2D eigenvalue weighted by atomic mass is 9.77. The lowest BCUT2D eigenvalue weighted by Gasteiger charge is -2.28. The molecule has 0 atom stereocenters. The van der Waals surface area contributed by atoms with E-state index < -0.39 is 0 Å². The summed E-state index contributed by atoms with van der Waals surface area (Å²) >= 11 is 0. The molecule has 0 aliphatic heterocycles. The van der Waals surface area contributed by atoms with E-state index >= 15 is 0 Å². The highest BCUT2D eigenvalue weighted by Gasteiger charge is 2.21. The van der Waals surface area contributed by atoms with E-state index in [1.54, 1.807) is 0 Å². The van der Waals surface area contributed by atoms with Gasteiger partial charge in [0.1, 0.15) is 0 Å². The highest BCUT2D eigenvalue weighted by atomic mass is 14.7. The molecule has 1 nitrogen and oxygen atoms in total. The monoisotopic (exact) mass is 349 g/mol. The summed E-state index contributed by atoms with van der Waals surface area (Å²) in [5.41, 5.74) is 5.23. The maximum Gasteiger partial charge on any atom is 0.0702 e. The molecule has 1 aromatic carbocycles. The number of unbranched alkanes of at least 4 members (excludes halogenated alkanes) is 2. The third kappa shape index (κ3) is 5.19. The van der Waals surface area contributed by atoms with Gasteiger partial charge in [-0.3, -0.25) is 4.98 Å². The maximum absolute atomic E-state index is 4.70. The number of benzene rings is 1. The highest BCUT2D eigenvalue weighted by molar-refractivity contribution is 5.59. The van der Waals surface area contributed by atoms with Gasteiger partial charge in [0.2, 0.25) is 0 Å². The summed E-state index contributed by atoms with van der Waals surface area (Å²) in [6, 6.07) is 13.7. The van der Waals surface area contributed by atoms with Crippen molar-refractivity contribution in [2.24, 2.45) is 5.92 Å². The number of nitrogens with zero attached hydrogens (tertiary/aromatic N) is 1. The lowest BCUT2D eigenvalue weighted by Crippen LogP contribution is -2.13. The molecule has 2 aromatic rings. The van der Waals surface area contributed by atoms with Gasteiger partial charge in [-0.25, -0.2) is 0 Å². The summed E-state index contributed by atoms with van der Waals surface area (Å²) in [4.78, 5) is 4.70. The molecule has 140 valence electrons. The fraction of sp³-hybridized carbons (Fsp3) is 0.560. The van der Waals surface area contributed by atoms with Crippen molar-refractivity contribution in [2.75, 3.05) is 0 Å². The van der Waals surface area contributed by atoms with Crippen molar-refractivity contribution in [1.82, 2.24) is 4.98 Å². The Morgan fingerprint density at radius 3 is 2.23 bits per heavy atom. The second kappa shape index (κ2) is 9.90. The molecule has 0 amide bonds. The van der Waals surface area contributed by atoms with E-state index in [1.165, 1.54) is 74.5 Å². The van der Waals surface area contributed by atoms with Crippen LogP contribution in [0.1, 0.15) is 88.7 Å². The molecule has 0 N–H and O–H groups in total. The zero-order valence-corrected chi connectivity index (χ0v) is 16.7. The van der Waals surface area contributed by atoms with Crippen molar-refractivity contribution in [3.8, 4) is 11.3 Å². The molecule has 1 heteroatoms. The summed E-state index contributed by atoms with van der Waals surface area (Å²) in [6.45, 7) is 4.57. The van der Waals surface area contributed by atoms with E-state index in [4.69, 9.17) is 4.98 Å². The molecule has 1 saturated carbocycles. The van der Waals surface area contributed by atoms with E-state index in [1.807, 2.05) is 0 Å². The van der Waals surface area contributed by atoms with Gasteiger partial charge in [0.05, 0.1) is 5.69 Å². The quantitative estimate of drug-likeness (QED) is 0.448. The number of pyridine rings is 1. The Balaban J connectivity index is 1.57. The van der Waals surface area contributed by atoms with Gasteiger partial charge in [-0.05, 0) is 67.6 Å². The molecule has 0 unspecified atom stereocenters. The van der Waals surface area contributed by atoms with Crippen LogP contribution in [0, 0.1) is 5.92 Å². The van der Waals surface area contributed by atoms with Crippen LogP contribution in [0.15, 0.2) is 42.6 Å². The average molecular weight is 350 g/mol. The molecule has 3 rings (SSSR count). The van der Waals surface area contributed by atoms with Gasteiger partial charge in [-0.1, -0.05) is 69.9 Å². The molecular formula is C25H35N. The second-order valence-electron chi connectivity index (χ2n) is 8.14. The van der Waals surface area contributed by atoms with Crippen LogP contribution < -0.4 is 0 Å². The summed E-state index contributed by atoms with van der Waals surface area (Å²) in [5, 5.41) is 0. The van der Waals surface area contributed by atoms with E-state index in [-0.39, 0.29) is 0 Å². The SMILES string of the molecule is CCCCCc1ccc(-c2ccc([C@H]3CC[C@H](CCC)CC3)cc2)nc1. The first-order valence-corrected chi connectivity index (χ1v) is 10.9. The number of rotatable bonds is 8. The largest absolute Gasteiger partial charge is 0.256 e. The Labute approximate surface area is 160 Å². The fourth-order valence-corrected chi connectivity index (χ4v) is 4.44. The third-order valence-corrected chi connectivity index (χ3v) is 6.12. The van der Waals surface area contributed by atoms with Crippen molar-refractivity contribution in [1.29, 1.82) is 0 Å². The van der Waals surface area contributed by atoms with Crippen LogP contribution in [-0.2, 0) is 6.42 Å². The van der Waals surface area contributed by atoms with Crippen molar-refractivity contribution in [3.63, 3.8) is 0 Å². The molecular weight excluding hydrogens is 314 g/mol. The van der Waals surface area contributed by atoms with Crippen LogP contribution in [0.5, 0.6) is 0 Å². The predicted octanol–water partition coefficient (Wildman–Crippen LogP) is 7.56. The summed E-state index contributed by atoms with van der Waals surface area (Å²) < 4.78 is 0. The van der Waals surface area contributed by atoms with Gasteiger partial charge in [-0.15, -0.1) is 0 Å². The molecule has 1 heterocycles. The summed E-state index contributed by atoms with van der Waals surface area (Å²) in [6.07, 6.45) is 15.4. The van der Waals surface area contributed by atoms with Crippen LogP contribution >= 0.6 is 0 Å².